The Morgan fingerprint density at radius 1 is 1.40 bits per heavy atom. The van der Waals surface area contributed by atoms with Crippen LogP contribution in [-0.4, -0.2) is 18.9 Å². The minimum atomic E-state index is -0.585. The lowest BCUT2D eigenvalue weighted by Crippen LogP contribution is -2.38. The summed E-state index contributed by atoms with van der Waals surface area (Å²) in [7, 11) is 0. The zero-order valence-electron chi connectivity index (χ0n) is 8.57. The molecule has 15 heavy (non-hydrogen) atoms. The SMILES string of the molecule is CCNC(=O)NC(C=O)c1ccccc1. The highest BCUT2D eigenvalue weighted by Gasteiger charge is 2.11. The number of carbonyl (C=O) groups is 2. The highest BCUT2D eigenvalue weighted by atomic mass is 16.2. The van der Waals surface area contributed by atoms with Crippen molar-refractivity contribution in [3.8, 4) is 0 Å². The molecule has 2 N–H and O–H groups in total. The van der Waals surface area contributed by atoms with Gasteiger partial charge >= 0.3 is 6.03 Å². The number of amides is 2. The van der Waals surface area contributed by atoms with Gasteiger partial charge in [0.1, 0.15) is 12.3 Å². The van der Waals surface area contributed by atoms with Crippen LogP contribution < -0.4 is 10.6 Å². The summed E-state index contributed by atoms with van der Waals surface area (Å²) in [6.07, 6.45) is 0.713. The van der Waals surface area contributed by atoms with Gasteiger partial charge in [0.25, 0.3) is 0 Å². The van der Waals surface area contributed by atoms with Gasteiger partial charge in [-0.25, -0.2) is 4.79 Å². The summed E-state index contributed by atoms with van der Waals surface area (Å²) in [5, 5.41) is 5.14. The van der Waals surface area contributed by atoms with Gasteiger partial charge in [0.2, 0.25) is 0 Å². The molecule has 0 saturated heterocycles. The first-order valence-corrected chi connectivity index (χ1v) is 4.82. The van der Waals surface area contributed by atoms with Crippen LogP contribution in [0.3, 0.4) is 0 Å². The average Bonchev–Trinajstić information content (AvgIpc) is 2.27. The number of rotatable bonds is 4. The van der Waals surface area contributed by atoms with Crippen LogP contribution in [0.1, 0.15) is 18.5 Å². The van der Waals surface area contributed by atoms with Gasteiger partial charge in [-0.1, -0.05) is 30.3 Å². The van der Waals surface area contributed by atoms with Crippen molar-refractivity contribution >= 4 is 12.3 Å². The molecule has 2 amide bonds. The molecule has 1 rings (SSSR count). The van der Waals surface area contributed by atoms with Gasteiger partial charge in [-0.05, 0) is 12.5 Å². The van der Waals surface area contributed by atoms with Gasteiger partial charge in [-0.3, -0.25) is 0 Å². The molecule has 80 valence electrons. The molecular weight excluding hydrogens is 192 g/mol. The molecule has 4 heteroatoms. The summed E-state index contributed by atoms with van der Waals surface area (Å²) in [5.74, 6) is 0. The van der Waals surface area contributed by atoms with Gasteiger partial charge in [-0.2, -0.15) is 0 Å². The Labute approximate surface area is 88.7 Å². The topological polar surface area (TPSA) is 58.2 Å². The minimum absolute atomic E-state index is 0.335. The molecule has 1 aromatic carbocycles. The maximum Gasteiger partial charge on any atom is 0.315 e. The van der Waals surface area contributed by atoms with E-state index in [4.69, 9.17) is 0 Å². The number of carbonyl (C=O) groups excluding carboxylic acids is 2. The number of benzene rings is 1. The van der Waals surface area contributed by atoms with Gasteiger partial charge in [0, 0.05) is 6.54 Å². The molecule has 0 aromatic heterocycles. The van der Waals surface area contributed by atoms with Crippen LogP contribution in [0.4, 0.5) is 4.79 Å². The average molecular weight is 206 g/mol. The molecule has 0 aliphatic carbocycles. The molecule has 0 spiro atoms. The van der Waals surface area contributed by atoms with E-state index < -0.39 is 6.04 Å². The van der Waals surface area contributed by atoms with Crippen molar-refractivity contribution in [1.29, 1.82) is 0 Å². The van der Waals surface area contributed by atoms with Crippen LogP contribution in [0.5, 0.6) is 0 Å². The lowest BCUT2D eigenvalue weighted by Gasteiger charge is -2.12. The highest BCUT2D eigenvalue weighted by Crippen LogP contribution is 2.09. The van der Waals surface area contributed by atoms with Crippen LogP contribution in [0.15, 0.2) is 30.3 Å². The molecule has 0 heterocycles. The second kappa shape index (κ2) is 5.80. The van der Waals surface area contributed by atoms with Crippen LogP contribution in [0.2, 0.25) is 0 Å². The zero-order valence-corrected chi connectivity index (χ0v) is 8.57. The quantitative estimate of drug-likeness (QED) is 0.728. The lowest BCUT2D eigenvalue weighted by molar-refractivity contribution is -0.109. The summed E-state index contributed by atoms with van der Waals surface area (Å²) in [4.78, 5) is 22.0. The Morgan fingerprint density at radius 2 is 2.07 bits per heavy atom. The van der Waals surface area contributed by atoms with Crippen molar-refractivity contribution in [2.75, 3.05) is 6.54 Å². The second-order valence-corrected chi connectivity index (χ2v) is 3.03. The van der Waals surface area contributed by atoms with Crippen molar-refractivity contribution in [3.63, 3.8) is 0 Å². The Morgan fingerprint density at radius 3 is 2.60 bits per heavy atom. The molecule has 1 unspecified atom stereocenters. The van der Waals surface area contributed by atoms with Crippen molar-refractivity contribution in [2.45, 2.75) is 13.0 Å². The van der Waals surface area contributed by atoms with E-state index in [0.717, 1.165) is 5.56 Å². The molecule has 0 aliphatic rings. The Kier molecular flexibility index (Phi) is 4.34. The smallest absolute Gasteiger partial charge is 0.315 e. The standard InChI is InChI=1S/C11H14N2O2/c1-2-12-11(15)13-10(8-14)9-6-4-3-5-7-9/h3-8,10H,2H2,1H3,(H2,12,13,15). The summed E-state index contributed by atoms with van der Waals surface area (Å²) >= 11 is 0. The van der Waals surface area contributed by atoms with E-state index in [1.165, 1.54) is 0 Å². The fourth-order valence-electron chi connectivity index (χ4n) is 1.21. The van der Waals surface area contributed by atoms with Gasteiger partial charge in [0.15, 0.2) is 0 Å². The molecule has 0 radical (unpaired) electrons. The largest absolute Gasteiger partial charge is 0.338 e. The first-order chi connectivity index (χ1) is 7.27. The summed E-state index contributed by atoms with van der Waals surface area (Å²) in [6.45, 7) is 2.35. The van der Waals surface area contributed by atoms with Crippen LogP contribution in [0.25, 0.3) is 0 Å². The van der Waals surface area contributed by atoms with E-state index >= 15 is 0 Å². The number of hydrogen-bond acceptors (Lipinski definition) is 2. The fourth-order valence-corrected chi connectivity index (χ4v) is 1.21. The predicted molar refractivity (Wildman–Crippen MR) is 57.5 cm³/mol. The minimum Gasteiger partial charge on any atom is -0.338 e. The van der Waals surface area contributed by atoms with E-state index in [9.17, 15) is 9.59 Å². The van der Waals surface area contributed by atoms with E-state index in [-0.39, 0.29) is 6.03 Å². The molecular formula is C11H14N2O2. The fraction of sp³-hybridized carbons (Fsp3) is 0.273. The Bertz CT molecular complexity index is 325. The molecule has 0 fully saturated rings. The Balaban J connectivity index is 2.65. The van der Waals surface area contributed by atoms with Gasteiger partial charge < -0.3 is 15.4 Å². The molecule has 4 nitrogen and oxygen atoms in total. The monoisotopic (exact) mass is 206 g/mol. The molecule has 1 aromatic rings. The summed E-state index contributed by atoms with van der Waals surface area (Å²) in [6, 6.07) is 8.18. The van der Waals surface area contributed by atoms with Crippen molar-refractivity contribution < 1.29 is 9.59 Å². The summed E-state index contributed by atoms with van der Waals surface area (Å²) < 4.78 is 0. The molecule has 0 bridgehead atoms. The predicted octanol–water partition coefficient (Wildman–Crippen LogP) is 1.25. The third-order valence-corrected chi connectivity index (χ3v) is 1.92. The normalized spacial score (nSPS) is 11.5. The van der Waals surface area contributed by atoms with Crippen LogP contribution in [-0.2, 0) is 4.79 Å². The third kappa shape index (κ3) is 3.42. The zero-order chi connectivity index (χ0) is 11.1. The van der Waals surface area contributed by atoms with Crippen LogP contribution >= 0.6 is 0 Å². The second-order valence-electron chi connectivity index (χ2n) is 3.03. The van der Waals surface area contributed by atoms with E-state index in [2.05, 4.69) is 10.6 Å². The third-order valence-electron chi connectivity index (χ3n) is 1.92. The van der Waals surface area contributed by atoms with Crippen LogP contribution in [0, 0.1) is 0 Å². The first kappa shape index (κ1) is 11.2. The lowest BCUT2D eigenvalue weighted by atomic mass is 10.1. The number of nitrogens with one attached hydrogen (secondary N) is 2. The molecule has 0 aliphatic heterocycles. The number of hydrogen-bond donors (Lipinski definition) is 2. The number of urea groups is 1. The van der Waals surface area contributed by atoms with E-state index in [1.54, 1.807) is 12.1 Å². The maximum atomic E-state index is 11.2. The molecule has 1 atom stereocenters. The molecule has 0 saturated carbocycles. The van der Waals surface area contributed by atoms with E-state index in [0.29, 0.717) is 12.8 Å². The Hall–Kier alpha value is -1.84. The number of aldehydes is 1. The van der Waals surface area contributed by atoms with Gasteiger partial charge in [0.05, 0.1) is 0 Å². The first-order valence-electron chi connectivity index (χ1n) is 4.82. The van der Waals surface area contributed by atoms with Crippen molar-refractivity contribution in [2.24, 2.45) is 0 Å². The van der Waals surface area contributed by atoms with E-state index in [1.807, 2.05) is 25.1 Å². The van der Waals surface area contributed by atoms with Crippen molar-refractivity contribution in [3.05, 3.63) is 35.9 Å². The van der Waals surface area contributed by atoms with Gasteiger partial charge in [-0.15, -0.1) is 0 Å². The van der Waals surface area contributed by atoms with Crippen molar-refractivity contribution in [1.82, 2.24) is 10.6 Å². The summed E-state index contributed by atoms with van der Waals surface area (Å²) in [5.41, 5.74) is 0.777. The highest BCUT2D eigenvalue weighted by molar-refractivity contribution is 5.78. The maximum absolute atomic E-state index is 11.2.